The Morgan fingerprint density at radius 1 is 0.528 bits per heavy atom. The number of carbonyl (C=O) groups excluding carboxylic acids is 2. The summed E-state index contributed by atoms with van der Waals surface area (Å²) in [5.41, 5.74) is 1.41. The zero-order valence-electron chi connectivity index (χ0n) is 20.2. The number of carbonyl (C=O) groups is 2. The second-order valence-corrected chi connectivity index (χ2v) is 10.6. The van der Waals surface area contributed by atoms with E-state index in [9.17, 15) is 19.8 Å². The van der Waals surface area contributed by atoms with Crippen LogP contribution in [-0.2, 0) is 0 Å². The van der Waals surface area contributed by atoms with Crippen LogP contribution in [0.5, 0.6) is 11.5 Å². The van der Waals surface area contributed by atoms with Gasteiger partial charge in [0, 0.05) is 33.7 Å². The van der Waals surface area contributed by atoms with Gasteiger partial charge >= 0.3 is 0 Å². The van der Waals surface area contributed by atoms with Crippen molar-refractivity contribution >= 4 is 33.1 Å². The van der Waals surface area contributed by atoms with E-state index in [4.69, 9.17) is 0 Å². The third-order valence-corrected chi connectivity index (χ3v) is 8.69. The molecule has 4 unspecified atom stereocenters. The lowest BCUT2D eigenvalue weighted by atomic mass is 9.63. The molecule has 2 fully saturated rings. The topological polar surface area (TPSA) is 74.6 Å². The molecule has 0 radical (unpaired) electrons. The third kappa shape index (κ3) is 3.85. The van der Waals surface area contributed by atoms with E-state index in [2.05, 4.69) is 0 Å². The lowest BCUT2D eigenvalue weighted by Gasteiger charge is -2.41. The quantitative estimate of drug-likeness (QED) is 0.302. The summed E-state index contributed by atoms with van der Waals surface area (Å²) < 4.78 is 0. The first kappa shape index (κ1) is 22.8. The van der Waals surface area contributed by atoms with Crippen LogP contribution in [0, 0.1) is 23.7 Å². The van der Waals surface area contributed by atoms with Crippen molar-refractivity contribution in [2.45, 2.75) is 38.5 Å². The lowest BCUT2D eigenvalue weighted by Crippen LogP contribution is -2.35. The maximum atomic E-state index is 13.6. The number of benzene rings is 4. The number of phenolic OH excluding ortho intramolecular Hbond substituents is 2. The average Bonchev–Trinajstić information content (AvgIpc) is 2.92. The van der Waals surface area contributed by atoms with Crippen LogP contribution in [0.2, 0.25) is 0 Å². The van der Waals surface area contributed by atoms with Gasteiger partial charge in [0.05, 0.1) is 0 Å². The zero-order chi connectivity index (χ0) is 24.8. The fourth-order valence-electron chi connectivity index (χ4n) is 6.80. The molecule has 0 aromatic heterocycles. The van der Waals surface area contributed by atoms with Crippen molar-refractivity contribution in [1.29, 1.82) is 0 Å². The Morgan fingerprint density at radius 2 is 0.917 bits per heavy atom. The molecule has 4 nitrogen and oxygen atoms in total. The second kappa shape index (κ2) is 9.09. The first-order valence-electron chi connectivity index (χ1n) is 13.0. The molecular weight excluding hydrogens is 448 g/mol. The molecule has 0 spiro atoms. The summed E-state index contributed by atoms with van der Waals surface area (Å²) in [6.07, 6.45) is 5.38. The summed E-state index contributed by atoms with van der Waals surface area (Å²) in [6.45, 7) is 0. The first-order chi connectivity index (χ1) is 17.5. The van der Waals surface area contributed by atoms with Crippen LogP contribution < -0.4 is 0 Å². The number of aromatic hydroxyl groups is 2. The lowest BCUT2D eigenvalue weighted by molar-refractivity contribution is 0.0620. The summed E-state index contributed by atoms with van der Waals surface area (Å²) in [6, 6.07) is 21.9. The van der Waals surface area contributed by atoms with Crippen molar-refractivity contribution < 1.29 is 19.8 Å². The Bertz CT molecular complexity index is 1370. The van der Waals surface area contributed by atoms with Crippen molar-refractivity contribution in [3.05, 3.63) is 83.9 Å². The standard InChI is InChI=1S/C32H30O4/c33-29-15-13-27(23-5-1-3-7-25(23)29)31(35)21-11-9-20-18-22(12-10-19(20)17-21)32(36)28-14-16-30(34)26-8-4-2-6-24(26)28/h1-8,13-16,19-22,33-34H,9-12,17-18H2. The average molecular weight is 479 g/mol. The van der Waals surface area contributed by atoms with Crippen molar-refractivity contribution in [1.82, 2.24) is 0 Å². The minimum absolute atomic E-state index is 0.00695. The molecule has 4 aromatic carbocycles. The van der Waals surface area contributed by atoms with Crippen LogP contribution >= 0.6 is 0 Å². The predicted octanol–water partition coefficient (Wildman–Crippen LogP) is 7.30. The van der Waals surface area contributed by atoms with E-state index in [1.807, 2.05) is 48.5 Å². The Kier molecular flexibility index (Phi) is 5.75. The number of Topliss-reactive ketones (excluding diaryl/α,β-unsaturated/α-hetero) is 2. The molecule has 4 atom stereocenters. The molecule has 2 aliphatic carbocycles. The molecule has 2 N–H and O–H groups in total. The van der Waals surface area contributed by atoms with E-state index in [0.29, 0.717) is 23.0 Å². The predicted molar refractivity (Wildman–Crippen MR) is 142 cm³/mol. The van der Waals surface area contributed by atoms with E-state index < -0.39 is 0 Å². The Balaban J connectivity index is 1.18. The minimum Gasteiger partial charge on any atom is -0.507 e. The SMILES string of the molecule is O=C(c1ccc(O)c2ccccc12)C1CCC2CC(C(=O)c3ccc(O)c4ccccc34)CCC2C1. The van der Waals surface area contributed by atoms with Crippen LogP contribution in [0.25, 0.3) is 21.5 Å². The first-order valence-corrected chi connectivity index (χ1v) is 13.0. The van der Waals surface area contributed by atoms with Gasteiger partial charge in [-0.15, -0.1) is 0 Å². The number of fused-ring (bicyclic) bond motifs is 3. The van der Waals surface area contributed by atoms with Crippen molar-refractivity contribution in [2.75, 3.05) is 0 Å². The van der Waals surface area contributed by atoms with E-state index >= 15 is 0 Å². The molecule has 36 heavy (non-hydrogen) atoms. The van der Waals surface area contributed by atoms with Crippen molar-refractivity contribution in [3.8, 4) is 11.5 Å². The maximum absolute atomic E-state index is 13.6. The van der Waals surface area contributed by atoms with E-state index in [-0.39, 0.29) is 34.9 Å². The molecule has 4 aromatic rings. The van der Waals surface area contributed by atoms with Gasteiger partial charge in [0.1, 0.15) is 11.5 Å². The summed E-state index contributed by atoms with van der Waals surface area (Å²) >= 11 is 0. The van der Waals surface area contributed by atoms with E-state index in [1.165, 1.54) is 0 Å². The molecule has 2 saturated carbocycles. The molecule has 0 saturated heterocycles. The number of hydrogen-bond donors (Lipinski definition) is 2. The highest BCUT2D eigenvalue weighted by molar-refractivity contribution is 6.11. The molecule has 0 bridgehead atoms. The van der Waals surface area contributed by atoms with Gasteiger partial charge in [0.15, 0.2) is 11.6 Å². The molecule has 0 aliphatic heterocycles. The highest BCUT2D eigenvalue weighted by atomic mass is 16.3. The van der Waals surface area contributed by atoms with Gasteiger partial charge in [-0.1, -0.05) is 48.5 Å². The van der Waals surface area contributed by atoms with Gasteiger partial charge in [0.25, 0.3) is 0 Å². The number of rotatable bonds is 4. The number of hydrogen-bond acceptors (Lipinski definition) is 4. The van der Waals surface area contributed by atoms with Crippen molar-refractivity contribution in [3.63, 3.8) is 0 Å². The molecule has 6 rings (SSSR count). The van der Waals surface area contributed by atoms with Gasteiger partial charge in [-0.25, -0.2) is 0 Å². The van der Waals surface area contributed by atoms with E-state index in [0.717, 1.165) is 60.1 Å². The van der Waals surface area contributed by atoms with Crippen LogP contribution in [0.4, 0.5) is 0 Å². The summed E-state index contributed by atoms with van der Waals surface area (Å²) in [5, 5.41) is 23.5. The molecule has 0 heterocycles. The molecule has 4 heteroatoms. The van der Waals surface area contributed by atoms with Crippen LogP contribution in [0.3, 0.4) is 0 Å². The fourth-order valence-corrected chi connectivity index (χ4v) is 6.80. The maximum Gasteiger partial charge on any atom is 0.166 e. The summed E-state index contributed by atoms with van der Waals surface area (Å²) in [7, 11) is 0. The van der Waals surface area contributed by atoms with Crippen LogP contribution in [0.1, 0.15) is 59.2 Å². The molecule has 0 amide bonds. The highest BCUT2D eigenvalue weighted by Gasteiger charge is 2.40. The van der Waals surface area contributed by atoms with Gasteiger partial charge in [-0.2, -0.15) is 0 Å². The largest absolute Gasteiger partial charge is 0.507 e. The number of phenols is 2. The molecule has 2 aliphatic rings. The third-order valence-electron chi connectivity index (χ3n) is 8.69. The van der Waals surface area contributed by atoms with Crippen LogP contribution in [0.15, 0.2) is 72.8 Å². The Hall–Kier alpha value is -3.66. The fraction of sp³-hybridized carbons (Fsp3) is 0.312. The van der Waals surface area contributed by atoms with Gasteiger partial charge in [-0.05, 0) is 85.4 Å². The smallest absolute Gasteiger partial charge is 0.166 e. The molecular formula is C32H30O4. The van der Waals surface area contributed by atoms with Gasteiger partial charge in [0.2, 0.25) is 0 Å². The monoisotopic (exact) mass is 478 g/mol. The second-order valence-electron chi connectivity index (χ2n) is 10.6. The van der Waals surface area contributed by atoms with Crippen LogP contribution in [-0.4, -0.2) is 21.8 Å². The number of ketones is 2. The Morgan fingerprint density at radius 3 is 1.33 bits per heavy atom. The van der Waals surface area contributed by atoms with Crippen molar-refractivity contribution in [2.24, 2.45) is 23.7 Å². The minimum atomic E-state index is -0.00695. The van der Waals surface area contributed by atoms with Gasteiger partial charge in [-0.3, -0.25) is 9.59 Å². The highest BCUT2D eigenvalue weighted by Crippen LogP contribution is 2.47. The Labute approximate surface area is 210 Å². The zero-order valence-corrected chi connectivity index (χ0v) is 20.2. The summed E-state index contributed by atoms with van der Waals surface area (Å²) in [4.78, 5) is 27.1. The van der Waals surface area contributed by atoms with E-state index in [1.54, 1.807) is 24.3 Å². The summed E-state index contributed by atoms with van der Waals surface area (Å²) in [5.74, 6) is 1.69. The van der Waals surface area contributed by atoms with Gasteiger partial charge < -0.3 is 10.2 Å². The molecule has 182 valence electrons. The normalized spacial score (nSPS) is 23.9.